The molecule has 0 spiro atoms. The Kier molecular flexibility index (Phi) is 6.31. The van der Waals surface area contributed by atoms with Crippen LogP contribution in [-0.4, -0.2) is 33.3 Å². The number of halogens is 1. The van der Waals surface area contributed by atoms with Gasteiger partial charge in [0.1, 0.15) is 6.04 Å². The molecule has 5 unspecified atom stereocenters. The molecule has 0 heterocycles. The lowest BCUT2D eigenvalue weighted by atomic mass is 9.99. The summed E-state index contributed by atoms with van der Waals surface area (Å²) in [5.74, 6) is -4.31. The fourth-order valence-corrected chi connectivity index (χ4v) is 3.09. The lowest BCUT2D eigenvalue weighted by molar-refractivity contribution is -0.140. The third-order valence-electron chi connectivity index (χ3n) is 3.96. The fourth-order valence-electron chi connectivity index (χ4n) is 2.96. The smallest absolute Gasteiger partial charge is 0.320 e. The van der Waals surface area contributed by atoms with Gasteiger partial charge in [-0.05, 0) is 17.8 Å². The summed E-state index contributed by atoms with van der Waals surface area (Å²) < 4.78 is 0. The van der Waals surface area contributed by atoms with Crippen molar-refractivity contribution in [3.8, 4) is 0 Å². The van der Waals surface area contributed by atoms with Crippen LogP contribution in [0, 0.1) is 17.8 Å². The molecule has 23 heavy (non-hydrogen) atoms. The van der Waals surface area contributed by atoms with E-state index in [9.17, 15) is 14.7 Å². The number of aliphatic carboxylic acids is 2. The number of carboxylic acids is 2. The van der Waals surface area contributed by atoms with Gasteiger partial charge in [-0.2, -0.15) is 0 Å². The Bertz CT molecular complexity index is 601. The Hall–Kier alpha value is -1.90. The van der Waals surface area contributed by atoms with Gasteiger partial charge in [-0.3, -0.25) is 9.59 Å². The van der Waals surface area contributed by atoms with Gasteiger partial charge < -0.3 is 27.0 Å². The first-order chi connectivity index (χ1) is 10.3. The summed E-state index contributed by atoms with van der Waals surface area (Å²) in [5.41, 5.74) is 11.9. The van der Waals surface area contributed by atoms with Gasteiger partial charge in [0.15, 0.2) is 5.11 Å². The minimum Gasteiger partial charge on any atom is -0.481 e. The summed E-state index contributed by atoms with van der Waals surface area (Å²) in [6.07, 6.45) is 0. The van der Waals surface area contributed by atoms with Gasteiger partial charge >= 0.3 is 11.9 Å². The highest BCUT2D eigenvalue weighted by atomic mass is 35.5. The largest absolute Gasteiger partial charge is 0.481 e. The molecule has 0 amide bonds. The second kappa shape index (κ2) is 7.58. The first-order valence-electron chi connectivity index (χ1n) is 6.66. The number of carboxylic acid groups (broad SMARTS) is 2. The number of carbonyl (C=O) groups is 2. The predicted octanol–water partition coefficient (Wildman–Crippen LogP) is 0.341. The van der Waals surface area contributed by atoms with Crippen molar-refractivity contribution in [2.24, 2.45) is 29.2 Å². The molecule has 0 aliphatic heterocycles. The summed E-state index contributed by atoms with van der Waals surface area (Å²) in [6.45, 7) is 0. The molecule has 1 aromatic carbocycles. The van der Waals surface area contributed by atoms with Crippen LogP contribution >= 0.6 is 24.6 Å². The Morgan fingerprint density at radius 3 is 2.17 bits per heavy atom. The van der Waals surface area contributed by atoms with E-state index in [1.165, 1.54) is 0 Å². The SMILES string of the molecule is Cl.NC(=S)NC(c1ccccc1)C1C(C(=O)O)C1C(N)C(=O)O. The maximum absolute atomic E-state index is 11.4. The van der Waals surface area contributed by atoms with Crippen LogP contribution in [0.4, 0.5) is 0 Å². The van der Waals surface area contributed by atoms with Gasteiger partial charge in [-0.25, -0.2) is 0 Å². The molecule has 5 atom stereocenters. The molecule has 7 N–H and O–H groups in total. The predicted molar refractivity (Wildman–Crippen MR) is 90.1 cm³/mol. The van der Waals surface area contributed by atoms with Gasteiger partial charge in [0.25, 0.3) is 0 Å². The summed E-state index contributed by atoms with van der Waals surface area (Å²) in [6, 6.07) is 7.29. The van der Waals surface area contributed by atoms with Crippen LogP contribution in [0.1, 0.15) is 11.6 Å². The highest BCUT2D eigenvalue weighted by Crippen LogP contribution is 2.55. The van der Waals surface area contributed by atoms with Crippen molar-refractivity contribution in [2.75, 3.05) is 0 Å². The van der Waals surface area contributed by atoms with Crippen molar-refractivity contribution in [1.82, 2.24) is 5.32 Å². The molecule has 1 saturated carbocycles. The van der Waals surface area contributed by atoms with Crippen LogP contribution in [-0.2, 0) is 9.59 Å². The fraction of sp³-hybridized carbons (Fsp3) is 0.357. The third kappa shape index (κ3) is 4.10. The zero-order valence-electron chi connectivity index (χ0n) is 12.0. The van der Waals surface area contributed by atoms with E-state index in [-0.39, 0.29) is 17.5 Å². The number of nitrogens with two attached hydrogens (primary N) is 2. The molecule has 0 saturated heterocycles. The molecule has 1 aromatic rings. The van der Waals surface area contributed by atoms with E-state index in [1.807, 2.05) is 6.07 Å². The van der Waals surface area contributed by atoms with Crippen molar-refractivity contribution in [1.29, 1.82) is 0 Å². The number of benzene rings is 1. The molecule has 126 valence electrons. The van der Waals surface area contributed by atoms with Crippen LogP contribution < -0.4 is 16.8 Å². The quantitative estimate of drug-likeness (QED) is 0.458. The number of hydrogen-bond acceptors (Lipinski definition) is 4. The maximum Gasteiger partial charge on any atom is 0.320 e. The molecular weight excluding hydrogens is 342 g/mol. The molecule has 2 rings (SSSR count). The van der Waals surface area contributed by atoms with Crippen LogP contribution in [0.25, 0.3) is 0 Å². The van der Waals surface area contributed by atoms with E-state index < -0.39 is 41.8 Å². The lowest BCUT2D eigenvalue weighted by Gasteiger charge is -2.20. The lowest BCUT2D eigenvalue weighted by Crippen LogP contribution is -2.37. The summed E-state index contributed by atoms with van der Waals surface area (Å²) in [5, 5.41) is 21.3. The summed E-state index contributed by atoms with van der Waals surface area (Å²) >= 11 is 4.85. The molecule has 0 bridgehead atoms. The van der Waals surface area contributed by atoms with Crippen molar-refractivity contribution < 1.29 is 19.8 Å². The van der Waals surface area contributed by atoms with E-state index in [2.05, 4.69) is 5.32 Å². The van der Waals surface area contributed by atoms with Crippen LogP contribution in [0.3, 0.4) is 0 Å². The average Bonchev–Trinajstić information content (AvgIpc) is 3.19. The monoisotopic (exact) mass is 359 g/mol. The zero-order chi connectivity index (χ0) is 16.4. The first-order valence-corrected chi connectivity index (χ1v) is 7.07. The normalized spacial score (nSPS) is 24.7. The van der Waals surface area contributed by atoms with Gasteiger partial charge in [-0.15, -0.1) is 12.4 Å². The minimum atomic E-state index is -1.24. The second-order valence-electron chi connectivity index (χ2n) is 5.28. The Labute approximate surface area is 144 Å². The molecule has 0 radical (unpaired) electrons. The molecule has 1 aliphatic carbocycles. The van der Waals surface area contributed by atoms with Crippen LogP contribution in [0.5, 0.6) is 0 Å². The third-order valence-corrected chi connectivity index (χ3v) is 4.08. The van der Waals surface area contributed by atoms with E-state index in [0.717, 1.165) is 5.56 Å². The maximum atomic E-state index is 11.4. The number of thiocarbonyl (C=S) groups is 1. The Morgan fingerprint density at radius 1 is 1.17 bits per heavy atom. The van der Waals surface area contributed by atoms with Crippen molar-refractivity contribution in [3.63, 3.8) is 0 Å². The van der Waals surface area contributed by atoms with E-state index in [4.69, 9.17) is 28.8 Å². The summed E-state index contributed by atoms with van der Waals surface area (Å²) in [4.78, 5) is 22.5. The van der Waals surface area contributed by atoms with Crippen LogP contribution in [0.2, 0.25) is 0 Å². The molecule has 1 fully saturated rings. The highest BCUT2D eigenvalue weighted by molar-refractivity contribution is 7.80. The van der Waals surface area contributed by atoms with Gasteiger partial charge in [0.2, 0.25) is 0 Å². The Balaban J connectivity index is 0.00000264. The summed E-state index contributed by atoms with van der Waals surface area (Å²) in [7, 11) is 0. The van der Waals surface area contributed by atoms with Gasteiger partial charge in [0.05, 0.1) is 12.0 Å². The van der Waals surface area contributed by atoms with Crippen LogP contribution in [0.15, 0.2) is 30.3 Å². The zero-order valence-corrected chi connectivity index (χ0v) is 13.6. The minimum absolute atomic E-state index is 0. The topological polar surface area (TPSA) is 139 Å². The van der Waals surface area contributed by atoms with Crippen molar-refractivity contribution in [2.45, 2.75) is 12.1 Å². The number of nitrogens with one attached hydrogen (secondary N) is 1. The van der Waals surface area contributed by atoms with E-state index >= 15 is 0 Å². The van der Waals surface area contributed by atoms with E-state index in [1.54, 1.807) is 24.3 Å². The van der Waals surface area contributed by atoms with Gasteiger partial charge in [0, 0.05) is 11.8 Å². The second-order valence-corrected chi connectivity index (χ2v) is 5.72. The highest BCUT2D eigenvalue weighted by Gasteiger charge is 2.62. The van der Waals surface area contributed by atoms with Crippen molar-refractivity contribution in [3.05, 3.63) is 35.9 Å². The standard InChI is InChI=1S/C14H17N3O4S.ClH/c15-10(13(20)21)7-8(9(7)12(18)19)11(17-14(16)22)6-4-2-1-3-5-6;/h1-5,7-11H,15H2,(H,18,19)(H,20,21)(H3,16,17,22);1H. The number of rotatable bonds is 6. The molecule has 0 aromatic heterocycles. The number of hydrogen-bond donors (Lipinski definition) is 5. The Morgan fingerprint density at radius 2 is 1.74 bits per heavy atom. The molecule has 9 heteroatoms. The average molecular weight is 360 g/mol. The van der Waals surface area contributed by atoms with Gasteiger partial charge in [-0.1, -0.05) is 30.3 Å². The molecular formula is C14H18ClN3O4S. The van der Waals surface area contributed by atoms with Crippen molar-refractivity contribution >= 4 is 41.7 Å². The first kappa shape index (κ1) is 19.1. The van der Waals surface area contributed by atoms with E-state index in [0.29, 0.717) is 0 Å². The molecule has 1 aliphatic rings. The molecule has 7 nitrogen and oxygen atoms in total.